The predicted octanol–water partition coefficient (Wildman–Crippen LogP) is 7.26. The molecular weight excluding hydrogens is 518 g/mol. The zero-order valence-corrected chi connectivity index (χ0v) is 19.0. The lowest BCUT2D eigenvalue weighted by Crippen LogP contribution is -2.10. The lowest BCUT2D eigenvalue weighted by atomic mass is 10.1. The second-order valence-corrected chi connectivity index (χ2v) is 8.04. The summed E-state index contributed by atoms with van der Waals surface area (Å²) in [6.07, 6.45) is 0. The molecule has 168 valence electrons. The maximum absolute atomic E-state index is 13.5. The Morgan fingerprint density at radius 2 is 1.34 bits per heavy atom. The highest BCUT2D eigenvalue weighted by atomic mass is 35.5. The maximum Gasteiger partial charge on any atom is 0.255 e. The van der Waals surface area contributed by atoms with E-state index in [4.69, 9.17) is 46.4 Å². The van der Waals surface area contributed by atoms with Crippen LogP contribution >= 0.6 is 46.4 Å². The number of hydrogen-bond donors (Lipinski definition) is 2. The highest BCUT2D eigenvalue weighted by Gasteiger charge is 2.19. The zero-order chi connectivity index (χ0) is 24.1. The summed E-state index contributed by atoms with van der Waals surface area (Å²) in [5.74, 6) is -4.21. The van der Waals surface area contributed by atoms with E-state index in [0.717, 1.165) is 0 Å². The van der Waals surface area contributed by atoms with E-state index in [1.165, 1.54) is 6.92 Å². The second-order valence-electron chi connectivity index (χ2n) is 6.55. The van der Waals surface area contributed by atoms with Crippen LogP contribution < -0.4 is 5.56 Å². The van der Waals surface area contributed by atoms with Crippen molar-refractivity contribution < 1.29 is 22.7 Å². The molecule has 0 unspecified atom stereocenters. The Balaban J connectivity index is 0.000000181. The number of aromatic amines is 1. The summed E-state index contributed by atoms with van der Waals surface area (Å²) in [6, 6.07) is 1.23. The van der Waals surface area contributed by atoms with Gasteiger partial charge in [0, 0.05) is 17.7 Å². The molecule has 0 saturated heterocycles. The van der Waals surface area contributed by atoms with E-state index in [-0.39, 0.29) is 42.6 Å². The van der Waals surface area contributed by atoms with Crippen LogP contribution in [0.5, 0.6) is 5.75 Å². The monoisotopic (exact) mass is 526 g/mol. The number of benzene rings is 2. The van der Waals surface area contributed by atoms with Crippen LogP contribution in [0.2, 0.25) is 20.2 Å². The lowest BCUT2D eigenvalue weighted by molar-refractivity contribution is 0.472. The van der Waals surface area contributed by atoms with Crippen LogP contribution in [0.3, 0.4) is 0 Å². The van der Waals surface area contributed by atoms with Crippen LogP contribution in [-0.4, -0.2) is 15.1 Å². The Bertz CT molecular complexity index is 1480. The van der Waals surface area contributed by atoms with Crippen molar-refractivity contribution in [3.8, 4) is 5.75 Å². The van der Waals surface area contributed by atoms with Gasteiger partial charge in [0.25, 0.3) is 5.56 Å². The number of aromatic nitrogens is 2. The molecule has 4 nitrogen and oxygen atoms in total. The van der Waals surface area contributed by atoms with Crippen molar-refractivity contribution in [3.05, 3.63) is 77.1 Å². The number of pyridine rings is 2. The molecule has 0 aliphatic rings. The van der Waals surface area contributed by atoms with Crippen molar-refractivity contribution in [1.82, 2.24) is 9.97 Å². The van der Waals surface area contributed by atoms with E-state index in [9.17, 15) is 27.5 Å². The minimum atomic E-state index is -0.995. The fourth-order valence-corrected chi connectivity index (χ4v) is 3.69. The van der Waals surface area contributed by atoms with Gasteiger partial charge in [0.2, 0.25) is 0 Å². The summed E-state index contributed by atoms with van der Waals surface area (Å²) in [5.41, 5.74) is -0.574. The van der Waals surface area contributed by atoms with Gasteiger partial charge in [0.1, 0.15) is 44.2 Å². The van der Waals surface area contributed by atoms with Crippen molar-refractivity contribution in [3.63, 3.8) is 0 Å². The SMILES string of the molecule is Cc1c(Cl)nc2c(Cl)c(F)cc(F)c2c1Cl.Cc1c(O)c2c(F)cc(F)c(Cl)c2[nH]c1=O. The van der Waals surface area contributed by atoms with Gasteiger partial charge in [-0.2, -0.15) is 0 Å². The number of rotatable bonds is 0. The molecule has 0 aliphatic carbocycles. The number of fused-ring (bicyclic) bond motifs is 2. The van der Waals surface area contributed by atoms with Crippen LogP contribution in [0.25, 0.3) is 21.8 Å². The van der Waals surface area contributed by atoms with Crippen molar-refractivity contribution in [2.24, 2.45) is 0 Å². The predicted molar refractivity (Wildman–Crippen MR) is 117 cm³/mol. The summed E-state index contributed by atoms with van der Waals surface area (Å²) in [5, 5.41) is 8.73. The van der Waals surface area contributed by atoms with Crippen LogP contribution in [-0.2, 0) is 0 Å². The first-order valence-corrected chi connectivity index (χ1v) is 10.1. The number of hydrogen-bond acceptors (Lipinski definition) is 3. The molecule has 2 aromatic heterocycles. The standard InChI is InChI=1S/C10H4Cl3F2N.C10H6ClF2NO2/c1-3-7(11)6-4(14)2-5(15)8(12)9(6)16-10(3)13;1-3-9(15)6-4(12)2-5(13)7(11)8(6)14-10(3)16/h2H,1H3;2H,1H3,(H2,14,15,16). The van der Waals surface area contributed by atoms with E-state index in [1.54, 1.807) is 6.92 Å². The third-order valence-electron chi connectivity index (χ3n) is 4.56. The fraction of sp³-hybridized carbons (Fsp3) is 0.100. The van der Waals surface area contributed by atoms with Crippen molar-refractivity contribution >= 4 is 68.2 Å². The first kappa shape index (κ1) is 24.4. The maximum atomic E-state index is 13.5. The number of aromatic hydroxyl groups is 1. The third kappa shape index (κ3) is 4.08. The van der Waals surface area contributed by atoms with Gasteiger partial charge in [-0.3, -0.25) is 4.79 Å². The first-order chi connectivity index (χ1) is 14.9. The van der Waals surface area contributed by atoms with Crippen LogP contribution in [0.1, 0.15) is 11.1 Å². The molecule has 0 amide bonds. The highest BCUT2D eigenvalue weighted by molar-refractivity contribution is 6.41. The number of H-pyrrole nitrogens is 1. The van der Waals surface area contributed by atoms with Gasteiger partial charge in [-0.1, -0.05) is 46.4 Å². The van der Waals surface area contributed by atoms with E-state index in [0.29, 0.717) is 17.7 Å². The van der Waals surface area contributed by atoms with Crippen LogP contribution in [0.15, 0.2) is 16.9 Å². The molecule has 2 aromatic carbocycles. The van der Waals surface area contributed by atoms with Crippen molar-refractivity contribution in [2.45, 2.75) is 13.8 Å². The summed E-state index contributed by atoms with van der Waals surface area (Å²) < 4.78 is 53.2. The molecule has 32 heavy (non-hydrogen) atoms. The summed E-state index contributed by atoms with van der Waals surface area (Å²) in [6.45, 7) is 2.91. The van der Waals surface area contributed by atoms with E-state index in [1.807, 2.05) is 0 Å². The van der Waals surface area contributed by atoms with Crippen molar-refractivity contribution in [1.29, 1.82) is 0 Å². The minimum absolute atomic E-state index is 0.0185. The largest absolute Gasteiger partial charge is 0.507 e. The van der Waals surface area contributed by atoms with Crippen molar-refractivity contribution in [2.75, 3.05) is 0 Å². The Kier molecular flexibility index (Phi) is 6.81. The molecule has 12 heteroatoms. The Morgan fingerprint density at radius 3 is 1.94 bits per heavy atom. The van der Waals surface area contributed by atoms with Crippen LogP contribution in [0.4, 0.5) is 17.6 Å². The molecule has 0 saturated carbocycles. The van der Waals surface area contributed by atoms with Gasteiger partial charge in [-0.25, -0.2) is 22.5 Å². The minimum Gasteiger partial charge on any atom is -0.507 e. The quantitative estimate of drug-likeness (QED) is 0.144. The Labute approximate surface area is 197 Å². The molecular formula is C20H10Cl4F4N2O2. The molecule has 0 fully saturated rings. The molecule has 0 atom stereocenters. The number of nitrogens with zero attached hydrogens (tertiary/aromatic N) is 1. The molecule has 2 N–H and O–H groups in total. The number of halogens is 8. The van der Waals surface area contributed by atoms with E-state index >= 15 is 0 Å². The fourth-order valence-electron chi connectivity index (χ4n) is 2.80. The molecule has 0 radical (unpaired) electrons. The summed E-state index contributed by atoms with van der Waals surface area (Å²) in [7, 11) is 0. The molecule has 0 bridgehead atoms. The van der Waals surface area contributed by atoms with Gasteiger partial charge in [0.05, 0.1) is 32.4 Å². The highest BCUT2D eigenvalue weighted by Crippen LogP contribution is 2.36. The van der Waals surface area contributed by atoms with Crippen LogP contribution in [0, 0.1) is 37.1 Å². The summed E-state index contributed by atoms with van der Waals surface area (Å²) in [4.78, 5) is 17.4. The zero-order valence-electron chi connectivity index (χ0n) is 16.0. The van der Waals surface area contributed by atoms with E-state index in [2.05, 4.69) is 9.97 Å². The molecule has 4 aromatic rings. The van der Waals surface area contributed by atoms with Gasteiger partial charge in [-0.05, 0) is 13.8 Å². The molecule has 0 spiro atoms. The Hall–Kier alpha value is -2.26. The average Bonchev–Trinajstić information content (AvgIpc) is 2.72. The van der Waals surface area contributed by atoms with Gasteiger partial charge in [-0.15, -0.1) is 0 Å². The van der Waals surface area contributed by atoms with Gasteiger partial charge >= 0.3 is 0 Å². The normalized spacial score (nSPS) is 11.1. The Morgan fingerprint density at radius 1 is 0.812 bits per heavy atom. The molecule has 4 rings (SSSR count). The van der Waals surface area contributed by atoms with E-state index < -0.39 is 39.6 Å². The number of nitrogens with one attached hydrogen (secondary N) is 1. The topological polar surface area (TPSA) is 66.0 Å². The summed E-state index contributed by atoms with van der Waals surface area (Å²) >= 11 is 22.9. The first-order valence-electron chi connectivity index (χ1n) is 8.54. The lowest BCUT2D eigenvalue weighted by Gasteiger charge is -2.08. The smallest absolute Gasteiger partial charge is 0.255 e. The molecule has 0 aliphatic heterocycles. The van der Waals surface area contributed by atoms with Gasteiger partial charge < -0.3 is 10.1 Å². The third-order valence-corrected chi connectivity index (χ3v) is 6.13. The second kappa shape index (κ2) is 8.94. The van der Waals surface area contributed by atoms with Gasteiger partial charge in [0.15, 0.2) is 0 Å². The average molecular weight is 528 g/mol. The molecule has 2 heterocycles.